The topological polar surface area (TPSA) is 45.7 Å². The molecule has 1 fully saturated rings. The van der Waals surface area contributed by atoms with E-state index in [1.165, 1.54) is 16.7 Å². The van der Waals surface area contributed by atoms with Crippen LogP contribution in [-0.4, -0.2) is 54.3 Å². The lowest BCUT2D eigenvalue weighted by Crippen LogP contribution is -2.49. The number of aromatic nitrogens is 1. The van der Waals surface area contributed by atoms with Gasteiger partial charge in [0.25, 0.3) is 5.91 Å². The summed E-state index contributed by atoms with van der Waals surface area (Å²) < 4.78 is 82.8. The molecule has 0 spiro atoms. The molecule has 1 amide bonds. The number of hydrogen-bond acceptors (Lipinski definition) is 4. The monoisotopic (exact) mass is 489 g/mol. The lowest BCUT2D eigenvalue weighted by Gasteiger charge is -2.39. The third-order valence-electron chi connectivity index (χ3n) is 5.58. The summed E-state index contributed by atoms with van der Waals surface area (Å²) in [4.78, 5) is 19.8. The highest BCUT2D eigenvalue weighted by Gasteiger charge is 2.37. The Labute approximate surface area is 193 Å². The Morgan fingerprint density at radius 2 is 1.68 bits per heavy atom. The predicted molar refractivity (Wildman–Crippen MR) is 114 cm³/mol. The second-order valence-corrected chi connectivity index (χ2v) is 8.05. The molecule has 0 saturated carbocycles. The summed E-state index contributed by atoms with van der Waals surface area (Å²) in [5.74, 6) is 0.0168. The van der Waals surface area contributed by atoms with E-state index < -0.39 is 36.5 Å². The van der Waals surface area contributed by atoms with E-state index in [0.717, 1.165) is 12.1 Å². The molecular weight excluding hydrogens is 464 g/mol. The molecule has 3 rings (SSSR count). The van der Waals surface area contributed by atoms with Gasteiger partial charge in [-0.15, -0.1) is 0 Å². The van der Waals surface area contributed by atoms with Gasteiger partial charge in [0, 0.05) is 24.8 Å². The van der Waals surface area contributed by atoms with Gasteiger partial charge in [-0.1, -0.05) is 0 Å². The maximum absolute atomic E-state index is 13.5. The highest BCUT2D eigenvalue weighted by Crippen LogP contribution is 2.31. The van der Waals surface area contributed by atoms with Gasteiger partial charge in [-0.2, -0.15) is 26.3 Å². The smallest absolute Gasteiger partial charge is 0.433 e. The summed E-state index contributed by atoms with van der Waals surface area (Å²) in [6.45, 7) is 2.82. The molecule has 0 radical (unpaired) electrons. The molecular formula is C23H25F6N3O2. The maximum atomic E-state index is 13.5. The number of rotatable bonds is 6. The molecule has 0 unspecified atom stereocenters. The summed E-state index contributed by atoms with van der Waals surface area (Å²) in [7, 11) is 0. The number of anilines is 1. The van der Waals surface area contributed by atoms with E-state index in [1.807, 2.05) is 6.92 Å². The number of pyridine rings is 1. The number of carbonyl (C=O) groups is 1. The van der Waals surface area contributed by atoms with Crippen LogP contribution in [0, 0.1) is 6.92 Å². The van der Waals surface area contributed by atoms with Crippen molar-refractivity contribution in [3.63, 3.8) is 0 Å². The minimum atomic E-state index is -4.65. The van der Waals surface area contributed by atoms with Gasteiger partial charge in [-0.25, -0.2) is 4.98 Å². The van der Waals surface area contributed by atoms with E-state index in [4.69, 9.17) is 4.74 Å². The summed E-state index contributed by atoms with van der Waals surface area (Å²) >= 11 is 0. The number of alkyl halides is 6. The molecule has 34 heavy (non-hydrogen) atoms. The van der Waals surface area contributed by atoms with Crippen molar-refractivity contribution in [3.8, 4) is 5.75 Å². The highest BCUT2D eigenvalue weighted by molar-refractivity contribution is 6.07. The number of likely N-dealkylation sites (tertiary alicyclic amines) is 1. The van der Waals surface area contributed by atoms with Gasteiger partial charge in [-0.05, 0) is 63.1 Å². The largest absolute Gasteiger partial charge is 0.494 e. The van der Waals surface area contributed by atoms with E-state index in [1.54, 1.807) is 24.3 Å². The van der Waals surface area contributed by atoms with E-state index in [0.29, 0.717) is 18.0 Å². The van der Waals surface area contributed by atoms with Gasteiger partial charge in [0.2, 0.25) is 0 Å². The zero-order chi connectivity index (χ0) is 25.1. The van der Waals surface area contributed by atoms with E-state index in [9.17, 15) is 31.1 Å². The van der Waals surface area contributed by atoms with Crippen molar-refractivity contribution < 1.29 is 35.9 Å². The van der Waals surface area contributed by atoms with Crippen LogP contribution in [0.4, 0.5) is 32.0 Å². The molecule has 1 aromatic carbocycles. The molecule has 0 aliphatic carbocycles. The first kappa shape index (κ1) is 25.8. The average Bonchev–Trinajstić information content (AvgIpc) is 2.74. The minimum Gasteiger partial charge on any atom is -0.494 e. The number of aryl methyl sites for hydroxylation is 1. The molecule has 1 aliphatic rings. The Kier molecular flexibility index (Phi) is 7.74. The van der Waals surface area contributed by atoms with Gasteiger partial charge >= 0.3 is 12.4 Å². The summed E-state index contributed by atoms with van der Waals surface area (Å²) in [5.41, 5.74) is -0.707. The van der Waals surface area contributed by atoms with Crippen LogP contribution in [-0.2, 0) is 6.18 Å². The van der Waals surface area contributed by atoms with Gasteiger partial charge in [0.1, 0.15) is 11.4 Å². The summed E-state index contributed by atoms with van der Waals surface area (Å²) in [6.07, 6.45) is -8.41. The van der Waals surface area contributed by atoms with Crippen molar-refractivity contribution >= 4 is 11.6 Å². The van der Waals surface area contributed by atoms with Crippen LogP contribution in [0.1, 0.15) is 41.5 Å². The summed E-state index contributed by atoms with van der Waals surface area (Å²) in [6, 6.07) is 8.04. The first-order chi connectivity index (χ1) is 15.9. The Bertz CT molecular complexity index is 984. The first-order valence-electron chi connectivity index (χ1n) is 10.8. The van der Waals surface area contributed by atoms with Crippen molar-refractivity contribution in [3.05, 3.63) is 53.3 Å². The fourth-order valence-electron chi connectivity index (χ4n) is 4.03. The number of benzene rings is 1. The van der Waals surface area contributed by atoms with E-state index >= 15 is 0 Å². The predicted octanol–water partition coefficient (Wildman–Crippen LogP) is 5.48. The zero-order valence-corrected chi connectivity index (χ0v) is 18.7. The number of piperidine rings is 1. The molecule has 5 nitrogen and oxygen atoms in total. The third kappa shape index (κ3) is 6.40. The SMILES string of the molecule is CCOc1ccc(N(C(=O)c2ccc(C(F)(F)F)nc2C)C2CCN(CC(F)(F)F)CC2)cc1. The van der Waals surface area contributed by atoms with Crippen molar-refractivity contribution in [2.75, 3.05) is 31.1 Å². The molecule has 0 N–H and O–H groups in total. The molecule has 11 heteroatoms. The summed E-state index contributed by atoms with van der Waals surface area (Å²) in [5, 5.41) is 0. The molecule has 2 heterocycles. The maximum Gasteiger partial charge on any atom is 0.433 e. The number of ether oxygens (including phenoxy) is 1. The van der Waals surface area contributed by atoms with Gasteiger partial charge < -0.3 is 9.64 Å². The fraction of sp³-hybridized carbons (Fsp3) is 0.478. The minimum absolute atomic E-state index is 0.000365. The number of halogens is 6. The fourth-order valence-corrected chi connectivity index (χ4v) is 4.03. The molecule has 186 valence electrons. The molecule has 0 atom stereocenters. The second-order valence-electron chi connectivity index (χ2n) is 8.05. The van der Waals surface area contributed by atoms with Crippen LogP contribution in [0.3, 0.4) is 0 Å². The van der Waals surface area contributed by atoms with Crippen molar-refractivity contribution in [2.45, 2.75) is 45.1 Å². The van der Waals surface area contributed by atoms with Crippen LogP contribution < -0.4 is 9.64 Å². The van der Waals surface area contributed by atoms with Gasteiger partial charge in [0.05, 0.1) is 24.4 Å². The third-order valence-corrected chi connectivity index (χ3v) is 5.58. The number of amides is 1. The van der Waals surface area contributed by atoms with E-state index in [-0.39, 0.29) is 37.2 Å². The Balaban J connectivity index is 1.90. The molecule has 1 saturated heterocycles. The van der Waals surface area contributed by atoms with Crippen LogP contribution in [0.2, 0.25) is 0 Å². The Morgan fingerprint density at radius 1 is 1.06 bits per heavy atom. The lowest BCUT2D eigenvalue weighted by molar-refractivity contribution is -0.147. The van der Waals surface area contributed by atoms with Crippen LogP contribution in [0.5, 0.6) is 5.75 Å². The van der Waals surface area contributed by atoms with Gasteiger partial charge in [-0.3, -0.25) is 9.69 Å². The van der Waals surface area contributed by atoms with Crippen molar-refractivity contribution in [1.29, 1.82) is 0 Å². The number of nitrogens with zero attached hydrogens (tertiary/aromatic N) is 3. The molecule has 0 bridgehead atoms. The molecule has 1 aromatic heterocycles. The van der Waals surface area contributed by atoms with Crippen LogP contribution in [0.25, 0.3) is 0 Å². The van der Waals surface area contributed by atoms with Crippen LogP contribution in [0.15, 0.2) is 36.4 Å². The Morgan fingerprint density at radius 3 is 2.18 bits per heavy atom. The van der Waals surface area contributed by atoms with E-state index in [2.05, 4.69) is 4.98 Å². The zero-order valence-electron chi connectivity index (χ0n) is 18.7. The van der Waals surface area contributed by atoms with Crippen LogP contribution >= 0.6 is 0 Å². The molecule has 2 aromatic rings. The Hall–Kier alpha value is -2.82. The lowest BCUT2D eigenvalue weighted by atomic mass is 10.00. The highest BCUT2D eigenvalue weighted by atomic mass is 19.4. The van der Waals surface area contributed by atoms with Crippen molar-refractivity contribution in [1.82, 2.24) is 9.88 Å². The number of carbonyl (C=O) groups excluding carboxylic acids is 1. The molecule has 1 aliphatic heterocycles. The first-order valence-corrected chi connectivity index (χ1v) is 10.8. The normalized spacial score (nSPS) is 15.9. The standard InChI is InChI=1S/C23H25F6N3O2/c1-3-34-18-6-4-16(5-7-18)32(17-10-12-31(13-11-17)14-22(24,25)26)21(33)19-8-9-20(23(27,28)29)30-15(19)2/h4-9,17H,3,10-14H2,1-2H3. The average molecular weight is 489 g/mol. The number of hydrogen-bond donors (Lipinski definition) is 0. The van der Waals surface area contributed by atoms with Crippen molar-refractivity contribution in [2.24, 2.45) is 0 Å². The van der Waals surface area contributed by atoms with Gasteiger partial charge in [0.15, 0.2) is 0 Å². The quantitative estimate of drug-likeness (QED) is 0.504. The second kappa shape index (κ2) is 10.2.